The Morgan fingerprint density at radius 1 is 0.593 bits per heavy atom. The minimum absolute atomic E-state index is 0.0679. The number of unbranched alkanes of at least 4 members (excludes halogenated alkanes) is 2. The molecule has 0 saturated heterocycles. The van der Waals surface area contributed by atoms with E-state index in [4.69, 9.17) is 0 Å². The van der Waals surface area contributed by atoms with Gasteiger partial charge in [-0.3, -0.25) is 0 Å². The molecule has 3 aromatic rings. The lowest BCUT2D eigenvalue weighted by atomic mass is 9.68. The summed E-state index contributed by atoms with van der Waals surface area (Å²) in [6, 6.07) is 33.3. The molecule has 0 amide bonds. The van der Waals surface area contributed by atoms with Gasteiger partial charge in [-0.2, -0.15) is 0 Å². The van der Waals surface area contributed by atoms with Gasteiger partial charge in [0.15, 0.2) is 0 Å². The Hall–Kier alpha value is -1.91. The van der Waals surface area contributed by atoms with Crippen molar-refractivity contribution in [3.63, 3.8) is 0 Å². The van der Waals surface area contributed by atoms with Crippen LogP contribution in [0.25, 0.3) is 0 Å². The predicted octanol–water partition coefficient (Wildman–Crippen LogP) is 7.28. The molecule has 140 valence electrons. The minimum atomic E-state index is -0.0679. The van der Waals surface area contributed by atoms with Crippen LogP contribution in [-0.2, 0) is 5.41 Å². The van der Waals surface area contributed by atoms with Crippen molar-refractivity contribution in [3.8, 4) is 0 Å². The summed E-state index contributed by atoms with van der Waals surface area (Å²) in [5.41, 5.74) is 4.14. The molecule has 0 fully saturated rings. The molecular formula is C26H31P. The molecule has 27 heavy (non-hydrogen) atoms. The largest absolute Gasteiger partial charge is 0.122 e. The average Bonchev–Trinajstić information content (AvgIpc) is 2.75. The van der Waals surface area contributed by atoms with E-state index in [0.29, 0.717) is 0 Å². The lowest BCUT2D eigenvalue weighted by molar-refractivity contribution is 0.598. The molecule has 1 atom stereocenters. The Bertz CT molecular complexity index is 668. The van der Waals surface area contributed by atoms with Gasteiger partial charge in [-0.05, 0) is 41.9 Å². The normalized spacial score (nSPS) is 11.9. The van der Waals surface area contributed by atoms with Crippen LogP contribution >= 0.6 is 8.58 Å². The quantitative estimate of drug-likeness (QED) is 0.199. The van der Waals surface area contributed by atoms with E-state index in [9.17, 15) is 0 Å². The number of rotatable bonds is 10. The van der Waals surface area contributed by atoms with Crippen LogP contribution < -0.4 is 0 Å². The van der Waals surface area contributed by atoms with Gasteiger partial charge in [0.2, 0.25) is 0 Å². The van der Waals surface area contributed by atoms with Crippen LogP contribution in [-0.4, -0.2) is 12.3 Å². The molecule has 0 nitrogen and oxygen atoms in total. The van der Waals surface area contributed by atoms with Crippen LogP contribution in [0.4, 0.5) is 0 Å². The Balaban J connectivity index is 1.98. The van der Waals surface area contributed by atoms with Crippen LogP contribution in [0.5, 0.6) is 0 Å². The number of hydrogen-bond donors (Lipinski definition) is 0. The molecule has 0 aromatic heterocycles. The first-order valence-corrected chi connectivity index (χ1v) is 11.7. The summed E-state index contributed by atoms with van der Waals surface area (Å²) in [6.45, 7) is 2.29. The molecule has 0 saturated carbocycles. The summed E-state index contributed by atoms with van der Waals surface area (Å²) in [5, 5.41) is 0. The van der Waals surface area contributed by atoms with E-state index in [-0.39, 0.29) is 5.41 Å². The summed E-state index contributed by atoms with van der Waals surface area (Å²) in [5.74, 6) is 0. The van der Waals surface area contributed by atoms with Gasteiger partial charge in [0.25, 0.3) is 0 Å². The van der Waals surface area contributed by atoms with Gasteiger partial charge in [0.1, 0.15) is 0 Å². The molecule has 3 rings (SSSR count). The van der Waals surface area contributed by atoms with Crippen LogP contribution in [0.3, 0.4) is 0 Å². The molecule has 0 aliphatic rings. The van der Waals surface area contributed by atoms with E-state index in [1.54, 1.807) is 0 Å². The first-order chi connectivity index (χ1) is 13.4. The Labute approximate surface area is 166 Å². The van der Waals surface area contributed by atoms with Crippen LogP contribution in [0.15, 0.2) is 91.0 Å². The highest BCUT2D eigenvalue weighted by Gasteiger charge is 2.35. The first kappa shape index (κ1) is 19.8. The molecule has 0 heterocycles. The van der Waals surface area contributed by atoms with Gasteiger partial charge in [-0.15, -0.1) is 8.58 Å². The topological polar surface area (TPSA) is 0 Å². The Morgan fingerprint density at radius 3 is 1.44 bits per heavy atom. The summed E-state index contributed by atoms with van der Waals surface area (Å²) in [7, 11) is 1.05. The van der Waals surface area contributed by atoms with Crippen LogP contribution in [0.1, 0.15) is 49.3 Å². The summed E-state index contributed by atoms with van der Waals surface area (Å²) in [6.07, 6.45) is 7.88. The zero-order chi connectivity index (χ0) is 18.8. The highest BCUT2D eigenvalue weighted by molar-refractivity contribution is 7.37. The van der Waals surface area contributed by atoms with E-state index in [0.717, 1.165) is 15.0 Å². The third-order valence-corrected chi connectivity index (χ3v) is 6.74. The second-order valence-corrected chi connectivity index (χ2v) is 8.71. The van der Waals surface area contributed by atoms with E-state index in [2.05, 4.69) is 97.9 Å². The zero-order valence-corrected chi connectivity index (χ0v) is 17.4. The van der Waals surface area contributed by atoms with Gasteiger partial charge < -0.3 is 0 Å². The summed E-state index contributed by atoms with van der Waals surface area (Å²) >= 11 is 0. The van der Waals surface area contributed by atoms with Gasteiger partial charge in [-0.1, -0.05) is 111 Å². The predicted molar refractivity (Wildman–Crippen MR) is 121 cm³/mol. The highest BCUT2D eigenvalue weighted by atomic mass is 31.1. The van der Waals surface area contributed by atoms with Crippen molar-refractivity contribution in [3.05, 3.63) is 108 Å². The molecule has 0 radical (unpaired) electrons. The van der Waals surface area contributed by atoms with Gasteiger partial charge in [-0.25, -0.2) is 0 Å². The lowest BCUT2D eigenvalue weighted by Gasteiger charge is -2.36. The second-order valence-electron chi connectivity index (χ2n) is 7.21. The lowest BCUT2D eigenvalue weighted by Crippen LogP contribution is -2.30. The minimum Gasteiger partial charge on any atom is -0.122 e. The van der Waals surface area contributed by atoms with E-state index in [1.807, 2.05) is 0 Å². The maximum absolute atomic E-state index is 2.31. The first-order valence-electron chi connectivity index (χ1n) is 10.2. The third-order valence-electron chi connectivity index (χ3n) is 5.43. The van der Waals surface area contributed by atoms with Crippen LogP contribution in [0, 0.1) is 0 Å². The fraction of sp³-hybridized carbons (Fsp3) is 0.308. The average molecular weight is 375 g/mol. The standard InChI is InChI=1S/C26H31P/c1-2-3-13-21-27-22-20-26(23-14-7-4-8-15-23,24-16-9-5-10-17-24)25-18-11-6-12-19-25/h4-12,14-19,27H,2-3,13,20-22H2,1H3. The molecule has 0 spiro atoms. The van der Waals surface area contributed by atoms with Crippen molar-refractivity contribution in [2.45, 2.75) is 38.0 Å². The van der Waals surface area contributed by atoms with Gasteiger partial charge >= 0.3 is 0 Å². The molecular weight excluding hydrogens is 343 g/mol. The van der Waals surface area contributed by atoms with E-state index < -0.39 is 0 Å². The van der Waals surface area contributed by atoms with Gasteiger partial charge in [0.05, 0.1) is 0 Å². The van der Waals surface area contributed by atoms with Crippen molar-refractivity contribution in [1.29, 1.82) is 0 Å². The summed E-state index contributed by atoms with van der Waals surface area (Å²) in [4.78, 5) is 0. The smallest absolute Gasteiger partial charge is 0.0454 e. The maximum Gasteiger partial charge on any atom is 0.0454 e. The Morgan fingerprint density at radius 2 is 1.04 bits per heavy atom. The maximum atomic E-state index is 2.31. The second kappa shape index (κ2) is 10.4. The number of hydrogen-bond acceptors (Lipinski definition) is 0. The third kappa shape index (κ3) is 4.88. The molecule has 0 bridgehead atoms. The van der Waals surface area contributed by atoms with E-state index in [1.165, 1.54) is 48.3 Å². The van der Waals surface area contributed by atoms with E-state index >= 15 is 0 Å². The van der Waals surface area contributed by atoms with Crippen molar-refractivity contribution >= 4 is 8.58 Å². The number of benzene rings is 3. The van der Waals surface area contributed by atoms with Crippen molar-refractivity contribution < 1.29 is 0 Å². The Kier molecular flexibility index (Phi) is 7.66. The summed E-state index contributed by atoms with van der Waals surface area (Å²) < 4.78 is 0. The van der Waals surface area contributed by atoms with Crippen molar-refractivity contribution in [2.24, 2.45) is 0 Å². The van der Waals surface area contributed by atoms with Gasteiger partial charge in [0, 0.05) is 5.41 Å². The molecule has 1 heteroatoms. The van der Waals surface area contributed by atoms with Crippen LogP contribution in [0.2, 0.25) is 0 Å². The van der Waals surface area contributed by atoms with Crippen molar-refractivity contribution in [1.82, 2.24) is 0 Å². The molecule has 1 unspecified atom stereocenters. The zero-order valence-electron chi connectivity index (χ0n) is 16.4. The molecule has 0 N–H and O–H groups in total. The van der Waals surface area contributed by atoms with Crippen molar-refractivity contribution in [2.75, 3.05) is 12.3 Å². The fourth-order valence-electron chi connectivity index (χ4n) is 4.00. The molecule has 3 aromatic carbocycles. The molecule has 0 aliphatic heterocycles. The highest BCUT2D eigenvalue weighted by Crippen LogP contribution is 2.43. The molecule has 0 aliphatic carbocycles. The SMILES string of the molecule is CCCCCPCCC(c1ccccc1)(c1ccccc1)c1ccccc1. The monoisotopic (exact) mass is 374 g/mol. The fourth-order valence-corrected chi connectivity index (χ4v) is 5.30.